The molecule has 0 aromatic heterocycles. The Hall–Kier alpha value is -1.80. The second-order valence-corrected chi connectivity index (χ2v) is 7.82. The molecule has 0 radical (unpaired) electrons. The number of hydrogen-bond donors (Lipinski definition) is 2. The molecule has 132 valence electrons. The Morgan fingerprint density at radius 1 is 1.42 bits per heavy atom. The van der Waals surface area contributed by atoms with E-state index >= 15 is 0 Å². The summed E-state index contributed by atoms with van der Waals surface area (Å²) in [7, 11) is -3.60. The summed E-state index contributed by atoms with van der Waals surface area (Å²) in [4.78, 5) is 13.7. The zero-order valence-corrected chi connectivity index (χ0v) is 14.6. The third-order valence-electron chi connectivity index (χ3n) is 4.32. The molecule has 1 atom stereocenters. The van der Waals surface area contributed by atoms with Crippen LogP contribution in [0.25, 0.3) is 0 Å². The lowest BCUT2D eigenvalue weighted by atomic mass is 10.1. The molecule has 7 nitrogen and oxygen atoms in total. The number of fused-ring (bicyclic) bond motifs is 1. The lowest BCUT2D eigenvalue weighted by molar-refractivity contribution is 0.208. The molecule has 0 bridgehead atoms. The number of nitrogens with one attached hydrogen (secondary N) is 2. The van der Waals surface area contributed by atoms with Crippen LogP contribution >= 0.6 is 0 Å². The van der Waals surface area contributed by atoms with E-state index in [1.165, 1.54) is 0 Å². The van der Waals surface area contributed by atoms with Crippen molar-refractivity contribution in [2.45, 2.75) is 37.1 Å². The Morgan fingerprint density at radius 3 is 3.04 bits per heavy atom. The van der Waals surface area contributed by atoms with Crippen molar-refractivity contribution in [3.05, 3.63) is 23.8 Å². The average molecular weight is 353 g/mol. The van der Waals surface area contributed by atoms with Crippen LogP contribution in [0.1, 0.15) is 25.3 Å². The van der Waals surface area contributed by atoms with E-state index in [2.05, 4.69) is 10.0 Å². The Bertz CT molecular complexity index is 720. The molecule has 2 heterocycles. The van der Waals surface area contributed by atoms with Crippen molar-refractivity contribution in [1.29, 1.82) is 0 Å². The largest absolute Gasteiger partial charge is 0.493 e. The molecule has 1 aromatic rings. The highest BCUT2D eigenvalue weighted by atomic mass is 32.2. The maximum Gasteiger partial charge on any atom is 0.317 e. The van der Waals surface area contributed by atoms with Gasteiger partial charge in [-0.2, -0.15) is 0 Å². The van der Waals surface area contributed by atoms with Gasteiger partial charge in [-0.15, -0.1) is 0 Å². The lowest BCUT2D eigenvalue weighted by Crippen LogP contribution is -2.42. The van der Waals surface area contributed by atoms with Gasteiger partial charge in [-0.3, -0.25) is 0 Å². The predicted molar refractivity (Wildman–Crippen MR) is 89.6 cm³/mol. The first kappa shape index (κ1) is 17.0. The third kappa shape index (κ3) is 3.64. The molecule has 2 amide bonds. The number of sulfonamides is 1. The minimum atomic E-state index is -3.60. The quantitative estimate of drug-likeness (QED) is 0.848. The van der Waals surface area contributed by atoms with E-state index in [4.69, 9.17) is 4.74 Å². The minimum Gasteiger partial charge on any atom is -0.493 e. The summed E-state index contributed by atoms with van der Waals surface area (Å²) < 4.78 is 33.4. The van der Waals surface area contributed by atoms with E-state index < -0.39 is 10.0 Å². The molecule has 0 spiro atoms. The van der Waals surface area contributed by atoms with E-state index in [0.717, 1.165) is 24.2 Å². The first-order chi connectivity index (χ1) is 11.5. The third-order valence-corrected chi connectivity index (χ3v) is 5.83. The van der Waals surface area contributed by atoms with Gasteiger partial charge in [-0.25, -0.2) is 17.9 Å². The molecule has 1 fully saturated rings. The molecule has 1 aromatic carbocycles. The molecule has 0 aliphatic carbocycles. The normalized spacial score (nSPS) is 20.4. The van der Waals surface area contributed by atoms with Gasteiger partial charge in [0.1, 0.15) is 5.75 Å². The fraction of sp³-hybridized carbons (Fsp3) is 0.562. The van der Waals surface area contributed by atoms with Crippen LogP contribution in [0.2, 0.25) is 0 Å². The van der Waals surface area contributed by atoms with E-state index in [9.17, 15) is 13.2 Å². The van der Waals surface area contributed by atoms with Crippen LogP contribution in [0.4, 0.5) is 4.79 Å². The monoisotopic (exact) mass is 353 g/mol. The Kier molecular flexibility index (Phi) is 4.96. The van der Waals surface area contributed by atoms with Crippen molar-refractivity contribution in [1.82, 2.24) is 14.9 Å². The molecule has 24 heavy (non-hydrogen) atoms. The smallest absolute Gasteiger partial charge is 0.317 e. The summed E-state index contributed by atoms with van der Waals surface area (Å²) in [5.41, 5.74) is 0.930. The number of amides is 2. The van der Waals surface area contributed by atoms with Gasteiger partial charge in [-0.1, -0.05) is 0 Å². The first-order valence-corrected chi connectivity index (χ1v) is 9.79. The summed E-state index contributed by atoms with van der Waals surface area (Å²) >= 11 is 0. The number of urea groups is 1. The molecular weight excluding hydrogens is 330 g/mol. The number of nitrogens with zero attached hydrogens (tertiary/aromatic N) is 1. The van der Waals surface area contributed by atoms with Crippen molar-refractivity contribution in [3.63, 3.8) is 0 Å². The SMILES string of the molecule is CCNC(=O)N1CCC(NS(=O)(=O)c2ccc3c(c2)CCCO3)C1. The number of aryl methyl sites for hydroxylation is 1. The Labute approximate surface area is 142 Å². The van der Waals surface area contributed by atoms with Crippen molar-refractivity contribution >= 4 is 16.1 Å². The summed E-state index contributed by atoms with van der Waals surface area (Å²) in [5.74, 6) is 0.767. The molecule has 2 aliphatic heterocycles. The van der Waals surface area contributed by atoms with E-state index in [1.807, 2.05) is 6.92 Å². The van der Waals surface area contributed by atoms with Gasteiger partial charge in [0.2, 0.25) is 10.0 Å². The van der Waals surface area contributed by atoms with Gasteiger partial charge in [0.25, 0.3) is 0 Å². The zero-order chi connectivity index (χ0) is 17.2. The van der Waals surface area contributed by atoms with Crippen LogP contribution < -0.4 is 14.8 Å². The predicted octanol–water partition coefficient (Wildman–Crippen LogP) is 1.09. The van der Waals surface area contributed by atoms with E-state index in [1.54, 1.807) is 23.1 Å². The topological polar surface area (TPSA) is 87.7 Å². The molecule has 3 rings (SSSR count). The van der Waals surface area contributed by atoms with E-state index in [-0.39, 0.29) is 17.0 Å². The number of likely N-dealkylation sites (tertiary alicyclic amines) is 1. The highest BCUT2D eigenvalue weighted by Gasteiger charge is 2.30. The number of ether oxygens (including phenoxy) is 1. The molecular formula is C16H23N3O4S. The molecule has 2 N–H and O–H groups in total. The number of carbonyl (C=O) groups is 1. The number of carbonyl (C=O) groups excluding carboxylic acids is 1. The molecule has 1 saturated heterocycles. The van der Waals surface area contributed by atoms with Crippen LogP contribution in [0.5, 0.6) is 5.75 Å². The second kappa shape index (κ2) is 6.98. The fourth-order valence-corrected chi connectivity index (χ4v) is 4.41. The number of hydrogen-bond acceptors (Lipinski definition) is 4. The molecule has 8 heteroatoms. The molecule has 1 unspecified atom stereocenters. The van der Waals surface area contributed by atoms with Gasteiger partial charge in [0, 0.05) is 25.7 Å². The van der Waals surface area contributed by atoms with Crippen LogP contribution in [0.15, 0.2) is 23.1 Å². The van der Waals surface area contributed by atoms with Crippen LogP contribution in [0.3, 0.4) is 0 Å². The van der Waals surface area contributed by atoms with Gasteiger partial charge in [0.15, 0.2) is 0 Å². The standard InChI is InChI=1S/C16H23N3O4S/c1-2-17-16(20)19-8-7-13(11-19)18-24(21,22)14-5-6-15-12(10-14)4-3-9-23-15/h5-6,10,13,18H,2-4,7-9,11H2,1H3,(H,17,20). The van der Waals surface area contributed by atoms with Gasteiger partial charge < -0.3 is 15.0 Å². The van der Waals surface area contributed by atoms with Crippen LogP contribution in [-0.2, 0) is 16.4 Å². The Morgan fingerprint density at radius 2 is 2.25 bits per heavy atom. The molecule has 0 saturated carbocycles. The van der Waals surface area contributed by atoms with Crippen LogP contribution in [-0.4, -0.2) is 51.6 Å². The summed E-state index contributed by atoms with van der Waals surface area (Å²) in [5, 5.41) is 2.73. The summed E-state index contributed by atoms with van der Waals surface area (Å²) in [6, 6.07) is 4.57. The van der Waals surface area contributed by atoms with Crippen molar-refractivity contribution in [2.75, 3.05) is 26.2 Å². The number of benzene rings is 1. The maximum absolute atomic E-state index is 12.6. The molecule has 2 aliphatic rings. The summed E-state index contributed by atoms with van der Waals surface area (Å²) in [6.07, 6.45) is 2.34. The van der Waals surface area contributed by atoms with Crippen LogP contribution in [0, 0.1) is 0 Å². The first-order valence-electron chi connectivity index (χ1n) is 8.30. The van der Waals surface area contributed by atoms with E-state index in [0.29, 0.717) is 32.7 Å². The van der Waals surface area contributed by atoms with Crippen molar-refractivity contribution in [2.24, 2.45) is 0 Å². The Balaban J connectivity index is 1.67. The van der Waals surface area contributed by atoms with Gasteiger partial charge in [0.05, 0.1) is 11.5 Å². The van der Waals surface area contributed by atoms with Gasteiger partial charge in [-0.05, 0) is 49.9 Å². The maximum atomic E-state index is 12.6. The summed E-state index contributed by atoms with van der Waals surface area (Å²) in [6.45, 7) is 4.03. The zero-order valence-electron chi connectivity index (χ0n) is 13.7. The van der Waals surface area contributed by atoms with Gasteiger partial charge >= 0.3 is 6.03 Å². The number of rotatable bonds is 4. The lowest BCUT2D eigenvalue weighted by Gasteiger charge is -2.19. The fourth-order valence-electron chi connectivity index (χ4n) is 3.10. The van der Waals surface area contributed by atoms with Crippen molar-refractivity contribution < 1.29 is 17.9 Å². The minimum absolute atomic E-state index is 0.148. The van der Waals surface area contributed by atoms with Crippen molar-refractivity contribution in [3.8, 4) is 5.75 Å². The second-order valence-electron chi connectivity index (χ2n) is 6.11. The highest BCUT2D eigenvalue weighted by molar-refractivity contribution is 7.89. The highest BCUT2D eigenvalue weighted by Crippen LogP contribution is 2.27. The average Bonchev–Trinajstić information content (AvgIpc) is 3.02.